The van der Waals surface area contributed by atoms with E-state index in [4.69, 9.17) is 0 Å². The quantitative estimate of drug-likeness (QED) is 0.698. The van der Waals surface area contributed by atoms with Crippen LogP contribution < -0.4 is 5.32 Å². The standard InChI is InChI=1S/C15H18N6O/c1-12(21-11-17-18-19-21)15(22)16-8-4-9-20-10-7-13-5-2-3-6-14(13)20/h2-3,5-7,10-12H,4,8-9H2,1H3,(H,16,22)/t12-/m0/s1. The Kier molecular flexibility index (Phi) is 4.13. The Balaban J connectivity index is 1.48. The van der Waals surface area contributed by atoms with Gasteiger partial charge in [-0.05, 0) is 41.3 Å². The van der Waals surface area contributed by atoms with E-state index in [1.54, 1.807) is 6.92 Å². The van der Waals surface area contributed by atoms with Crippen molar-refractivity contribution in [2.75, 3.05) is 6.54 Å². The lowest BCUT2D eigenvalue weighted by Crippen LogP contribution is -2.32. The topological polar surface area (TPSA) is 77.6 Å². The van der Waals surface area contributed by atoms with E-state index in [1.807, 2.05) is 12.1 Å². The molecule has 0 aliphatic heterocycles. The molecular formula is C15H18N6O. The van der Waals surface area contributed by atoms with Crippen LogP contribution in [0.2, 0.25) is 0 Å². The van der Waals surface area contributed by atoms with Crippen LogP contribution in [0.4, 0.5) is 0 Å². The molecule has 2 heterocycles. The van der Waals surface area contributed by atoms with Crippen LogP contribution in [-0.4, -0.2) is 37.2 Å². The smallest absolute Gasteiger partial charge is 0.244 e. The lowest BCUT2D eigenvalue weighted by atomic mass is 10.2. The fourth-order valence-corrected chi connectivity index (χ4v) is 2.41. The molecule has 0 bridgehead atoms. The molecule has 0 saturated heterocycles. The Morgan fingerprint density at radius 1 is 1.32 bits per heavy atom. The molecular weight excluding hydrogens is 280 g/mol. The number of aryl methyl sites for hydroxylation is 1. The summed E-state index contributed by atoms with van der Waals surface area (Å²) in [6, 6.07) is 9.98. The highest BCUT2D eigenvalue weighted by Crippen LogP contribution is 2.15. The van der Waals surface area contributed by atoms with Gasteiger partial charge in [-0.1, -0.05) is 18.2 Å². The van der Waals surface area contributed by atoms with Gasteiger partial charge >= 0.3 is 0 Å². The number of carbonyl (C=O) groups excluding carboxylic acids is 1. The number of nitrogens with one attached hydrogen (secondary N) is 1. The number of amides is 1. The van der Waals surface area contributed by atoms with Gasteiger partial charge in [-0.15, -0.1) is 5.10 Å². The summed E-state index contributed by atoms with van der Waals surface area (Å²) in [5, 5.41) is 14.9. The van der Waals surface area contributed by atoms with Crippen molar-refractivity contribution in [3.63, 3.8) is 0 Å². The minimum atomic E-state index is -0.401. The average molecular weight is 298 g/mol. The molecule has 0 spiro atoms. The van der Waals surface area contributed by atoms with E-state index in [1.165, 1.54) is 21.9 Å². The lowest BCUT2D eigenvalue weighted by Gasteiger charge is -2.11. The van der Waals surface area contributed by atoms with Gasteiger partial charge in [0.2, 0.25) is 5.91 Å². The molecule has 7 nitrogen and oxygen atoms in total. The molecule has 0 fully saturated rings. The predicted octanol–water partition coefficient (Wildman–Crippen LogP) is 1.40. The first-order valence-corrected chi connectivity index (χ1v) is 7.30. The first-order chi connectivity index (χ1) is 10.8. The summed E-state index contributed by atoms with van der Waals surface area (Å²) in [5.74, 6) is -0.0790. The molecule has 1 amide bonds. The molecule has 0 aliphatic carbocycles. The lowest BCUT2D eigenvalue weighted by molar-refractivity contribution is -0.124. The third kappa shape index (κ3) is 2.98. The molecule has 0 radical (unpaired) electrons. The van der Waals surface area contributed by atoms with Gasteiger partial charge in [0.05, 0.1) is 0 Å². The summed E-state index contributed by atoms with van der Waals surface area (Å²) in [7, 11) is 0. The van der Waals surface area contributed by atoms with Crippen molar-refractivity contribution in [3.05, 3.63) is 42.9 Å². The van der Waals surface area contributed by atoms with E-state index in [0.717, 1.165) is 13.0 Å². The largest absolute Gasteiger partial charge is 0.354 e. The van der Waals surface area contributed by atoms with Gasteiger partial charge < -0.3 is 9.88 Å². The van der Waals surface area contributed by atoms with Crippen LogP contribution in [0.1, 0.15) is 19.4 Å². The summed E-state index contributed by atoms with van der Waals surface area (Å²) in [4.78, 5) is 12.0. The molecule has 7 heteroatoms. The van der Waals surface area contributed by atoms with Crippen LogP contribution in [0.5, 0.6) is 0 Å². The van der Waals surface area contributed by atoms with E-state index in [9.17, 15) is 4.79 Å². The van der Waals surface area contributed by atoms with Gasteiger partial charge in [-0.2, -0.15) is 0 Å². The number of benzene rings is 1. The first-order valence-electron chi connectivity index (χ1n) is 7.30. The summed E-state index contributed by atoms with van der Waals surface area (Å²) in [5.41, 5.74) is 1.22. The van der Waals surface area contributed by atoms with Gasteiger partial charge in [-0.3, -0.25) is 4.79 Å². The Morgan fingerprint density at radius 3 is 3.00 bits per heavy atom. The first kappa shape index (κ1) is 14.2. The minimum absolute atomic E-state index is 0.0790. The van der Waals surface area contributed by atoms with Crippen LogP contribution >= 0.6 is 0 Å². The molecule has 22 heavy (non-hydrogen) atoms. The Bertz CT molecular complexity index is 748. The number of fused-ring (bicyclic) bond motifs is 1. The van der Waals surface area contributed by atoms with Crippen LogP contribution in [0.25, 0.3) is 10.9 Å². The molecule has 1 aromatic carbocycles. The molecule has 0 saturated carbocycles. The van der Waals surface area contributed by atoms with Gasteiger partial charge in [0.1, 0.15) is 12.4 Å². The Hall–Kier alpha value is -2.70. The number of rotatable bonds is 6. The Morgan fingerprint density at radius 2 is 2.18 bits per heavy atom. The third-order valence-corrected chi connectivity index (χ3v) is 3.70. The number of nitrogens with zero attached hydrogens (tertiary/aromatic N) is 5. The molecule has 1 atom stereocenters. The van der Waals surface area contributed by atoms with Gasteiger partial charge in [0.25, 0.3) is 0 Å². The summed E-state index contributed by atoms with van der Waals surface area (Å²) in [6.07, 6.45) is 4.39. The van der Waals surface area contributed by atoms with E-state index in [-0.39, 0.29) is 5.91 Å². The zero-order valence-corrected chi connectivity index (χ0v) is 12.4. The van der Waals surface area contributed by atoms with Crippen LogP contribution in [0.15, 0.2) is 42.9 Å². The second-order valence-corrected chi connectivity index (χ2v) is 5.18. The number of aromatic nitrogens is 5. The summed E-state index contributed by atoms with van der Waals surface area (Å²) in [6.45, 7) is 3.26. The van der Waals surface area contributed by atoms with Crippen molar-refractivity contribution in [2.24, 2.45) is 0 Å². The van der Waals surface area contributed by atoms with Crippen molar-refractivity contribution in [3.8, 4) is 0 Å². The molecule has 3 aromatic rings. The third-order valence-electron chi connectivity index (χ3n) is 3.70. The molecule has 0 aliphatic rings. The predicted molar refractivity (Wildman–Crippen MR) is 82.1 cm³/mol. The maximum absolute atomic E-state index is 12.0. The maximum atomic E-state index is 12.0. The fourth-order valence-electron chi connectivity index (χ4n) is 2.41. The number of tetrazole rings is 1. The molecule has 1 N–H and O–H groups in total. The van der Waals surface area contributed by atoms with Crippen LogP contribution in [-0.2, 0) is 11.3 Å². The molecule has 3 rings (SSSR count). The van der Waals surface area contributed by atoms with Crippen LogP contribution in [0, 0.1) is 0 Å². The highest BCUT2D eigenvalue weighted by Gasteiger charge is 2.14. The molecule has 0 unspecified atom stereocenters. The van der Waals surface area contributed by atoms with E-state index >= 15 is 0 Å². The second-order valence-electron chi connectivity index (χ2n) is 5.18. The number of hydrogen-bond acceptors (Lipinski definition) is 4. The maximum Gasteiger partial charge on any atom is 0.244 e. The average Bonchev–Trinajstić information content (AvgIpc) is 3.20. The van der Waals surface area contributed by atoms with Crippen LogP contribution in [0.3, 0.4) is 0 Å². The fraction of sp³-hybridized carbons (Fsp3) is 0.333. The highest BCUT2D eigenvalue weighted by molar-refractivity contribution is 5.80. The Labute approximate surface area is 127 Å². The molecule has 114 valence electrons. The van der Waals surface area contributed by atoms with Gasteiger partial charge in [0, 0.05) is 24.8 Å². The summed E-state index contributed by atoms with van der Waals surface area (Å²) < 4.78 is 3.64. The zero-order chi connectivity index (χ0) is 15.4. The van der Waals surface area contributed by atoms with Crippen molar-refractivity contribution in [1.82, 2.24) is 30.1 Å². The SMILES string of the molecule is C[C@@H](C(=O)NCCCn1ccc2ccccc21)n1cnnn1. The highest BCUT2D eigenvalue weighted by atomic mass is 16.2. The van der Waals surface area contributed by atoms with Crippen molar-refractivity contribution < 1.29 is 4.79 Å². The van der Waals surface area contributed by atoms with Crippen molar-refractivity contribution in [1.29, 1.82) is 0 Å². The monoisotopic (exact) mass is 298 g/mol. The number of hydrogen-bond donors (Lipinski definition) is 1. The number of para-hydroxylation sites is 1. The van der Waals surface area contributed by atoms with Gasteiger partial charge in [0.15, 0.2) is 0 Å². The minimum Gasteiger partial charge on any atom is -0.354 e. The van der Waals surface area contributed by atoms with E-state index in [2.05, 4.69) is 49.8 Å². The normalized spacial score (nSPS) is 12.4. The van der Waals surface area contributed by atoms with Gasteiger partial charge in [-0.25, -0.2) is 4.68 Å². The second kappa shape index (κ2) is 6.38. The summed E-state index contributed by atoms with van der Waals surface area (Å²) >= 11 is 0. The molecule has 2 aromatic heterocycles. The van der Waals surface area contributed by atoms with Crippen molar-refractivity contribution >= 4 is 16.8 Å². The van der Waals surface area contributed by atoms with E-state index < -0.39 is 6.04 Å². The zero-order valence-electron chi connectivity index (χ0n) is 12.4. The van der Waals surface area contributed by atoms with Crippen molar-refractivity contribution in [2.45, 2.75) is 25.9 Å². The van der Waals surface area contributed by atoms with E-state index in [0.29, 0.717) is 6.54 Å². The number of carbonyl (C=O) groups is 1.